The Labute approximate surface area is 199 Å². The number of rotatable bonds is 3. The zero-order valence-corrected chi connectivity index (χ0v) is 18.9. The van der Waals surface area contributed by atoms with Crippen LogP contribution in [-0.2, 0) is 6.18 Å². The number of nitrogens with zero attached hydrogens (tertiary/aromatic N) is 2. The zero-order chi connectivity index (χ0) is 27.8. The molecule has 0 bridgehead atoms. The molecule has 2 aromatic heterocycles. The predicted octanol–water partition coefficient (Wildman–Crippen LogP) is 5.86. The molecule has 3 rings (SSSR count). The first-order chi connectivity index (χ1) is 16.5. The number of H-pyrrole nitrogens is 1. The Morgan fingerprint density at radius 2 is 1.69 bits per heavy atom. The van der Waals surface area contributed by atoms with Gasteiger partial charge in [0.1, 0.15) is 11.6 Å². The summed E-state index contributed by atoms with van der Waals surface area (Å²) in [6, 6.07) is 4.18. The van der Waals surface area contributed by atoms with E-state index in [-0.39, 0.29) is 34.1 Å². The molecule has 0 aliphatic heterocycles. The van der Waals surface area contributed by atoms with E-state index >= 15 is 0 Å². The second-order valence-corrected chi connectivity index (χ2v) is 6.86. The highest BCUT2D eigenvalue weighted by Gasteiger charge is 2.37. The quantitative estimate of drug-likeness (QED) is 0.250. The molecule has 0 aliphatic carbocycles. The molecule has 0 atom stereocenters. The molecule has 5 N–H and O–H groups in total. The predicted molar refractivity (Wildman–Crippen MR) is 115 cm³/mol. The van der Waals surface area contributed by atoms with Crippen LogP contribution in [0.15, 0.2) is 24.3 Å². The summed E-state index contributed by atoms with van der Waals surface area (Å²) in [6.07, 6.45) is -8.76. The molecule has 198 valence electrons. The largest absolute Gasteiger partial charge is 0.507 e. The van der Waals surface area contributed by atoms with Gasteiger partial charge in [0.05, 0.1) is 22.6 Å². The lowest BCUT2D eigenvalue weighted by Crippen LogP contribution is -2.08. The number of nitrogens with one attached hydrogen (secondary N) is 2. The average Bonchev–Trinajstić information content (AvgIpc) is 3.18. The van der Waals surface area contributed by atoms with E-state index in [2.05, 4.69) is 20.5 Å². The van der Waals surface area contributed by atoms with Crippen LogP contribution in [0.1, 0.15) is 35.1 Å². The molecule has 3 aromatic rings. The van der Waals surface area contributed by atoms with E-state index in [1.54, 1.807) is 0 Å². The fourth-order valence-electron chi connectivity index (χ4n) is 2.42. The van der Waals surface area contributed by atoms with Crippen molar-refractivity contribution in [3.8, 4) is 17.0 Å². The van der Waals surface area contributed by atoms with E-state index in [0.717, 1.165) is 25.1 Å². The number of benzene rings is 1. The topological polar surface area (TPSA) is 117 Å². The number of aromatic hydroxyl groups is 1. The molecule has 2 heterocycles. The summed E-state index contributed by atoms with van der Waals surface area (Å²) in [5.74, 6) is -2.22. The van der Waals surface area contributed by atoms with Crippen LogP contribution in [0.25, 0.3) is 11.3 Å². The monoisotopic (exact) mass is 527 g/mol. The molecule has 0 fully saturated rings. The summed E-state index contributed by atoms with van der Waals surface area (Å²) in [4.78, 5) is 14.2. The second kappa shape index (κ2) is 12.2. The molecule has 36 heavy (non-hydrogen) atoms. The Morgan fingerprint density at radius 1 is 1.11 bits per heavy atom. The standard InChI is InChI=1S/C12H8F2N2O2.C6H8F3N3.C3H5F3/c13-8-1-2-10(16-12(8)15)7-4-11(18)6(5-17)3-9(7)14;1-3-4(10-2)5(12-11-3)6(7,8)9;1-2-3(4,5)6/h1-5,18H,(H2,15,16);10H,1-2H3,(H,11,12);2H2,1H3. The maximum atomic E-state index is 13.7. The number of aryl methyl sites for hydroxylation is 1. The number of aromatic nitrogens is 3. The van der Waals surface area contributed by atoms with E-state index in [0.29, 0.717) is 12.0 Å². The number of pyridine rings is 1. The van der Waals surface area contributed by atoms with Crippen molar-refractivity contribution in [1.29, 1.82) is 0 Å². The second-order valence-electron chi connectivity index (χ2n) is 6.86. The third kappa shape index (κ3) is 8.39. The van der Waals surface area contributed by atoms with Crippen molar-refractivity contribution < 1.29 is 45.0 Å². The number of carbonyl (C=O) groups is 1. The molecular weight excluding hydrogens is 506 g/mol. The fourth-order valence-corrected chi connectivity index (χ4v) is 2.42. The van der Waals surface area contributed by atoms with Gasteiger partial charge in [-0.05, 0) is 31.2 Å². The zero-order valence-electron chi connectivity index (χ0n) is 18.9. The van der Waals surface area contributed by atoms with Gasteiger partial charge in [-0.15, -0.1) is 0 Å². The molecule has 0 aliphatic rings. The minimum Gasteiger partial charge on any atom is -0.507 e. The molecule has 7 nitrogen and oxygen atoms in total. The van der Waals surface area contributed by atoms with Crippen LogP contribution < -0.4 is 11.1 Å². The highest BCUT2D eigenvalue weighted by molar-refractivity contribution is 5.81. The average molecular weight is 527 g/mol. The summed E-state index contributed by atoms with van der Waals surface area (Å²) in [5.41, 5.74) is 4.59. The highest BCUT2D eigenvalue weighted by Crippen LogP contribution is 2.34. The van der Waals surface area contributed by atoms with Crippen molar-refractivity contribution >= 4 is 17.8 Å². The number of nitrogens with two attached hydrogens (primary N) is 1. The third-order valence-corrected chi connectivity index (χ3v) is 4.26. The van der Waals surface area contributed by atoms with Crippen LogP contribution in [0.2, 0.25) is 0 Å². The van der Waals surface area contributed by atoms with Crippen molar-refractivity contribution in [2.45, 2.75) is 32.6 Å². The summed E-state index contributed by atoms with van der Waals surface area (Å²) >= 11 is 0. The van der Waals surface area contributed by atoms with Crippen molar-refractivity contribution in [3.63, 3.8) is 0 Å². The van der Waals surface area contributed by atoms with Gasteiger partial charge in [0.2, 0.25) is 0 Å². The van der Waals surface area contributed by atoms with E-state index < -0.39 is 36.1 Å². The lowest BCUT2D eigenvalue weighted by Gasteiger charge is -2.06. The van der Waals surface area contributed by atoms with Gasteiger partial charge in [0.25, 0.3) is 0 Å². The Kier molecular flexibility index (Phi) is 10.2. The smallest absolute Gasteiger partial charge is 0.437 e. The first-order valence-electron chi connectivity index (χ1n) is 9.82. The van der Waals surface area contributed by atoms with Gasteiger partial charge in [-0.1, -0.05) is 6.92 Å². The molecule has 0 radical (unpaired) electrons. The number of alkyl halides is 6. The molecular formula is C21H21F8N5O2. The van der Waals surface area contributed by atoms with Gasteiger partial charge in [-0.2, -0.15) is 31.4 Å². The lowest BCUT2D eigenvalue weighted by atomic mass is 10.1. The van der Waals surface area contributed by atoms with Crippen LogP contribution in [0, 0.1) is 18.6 Å². The van der Waals surface area contributed by atoms with Crippen molar-refractivity contribution in [2.24, 2.45) is 0 Å². The van der Waals surface area contributed by atoms with E-state index in [1.165, 1.54) is 20.0 Å². The highest BCUT2D eigenvalue weighted by atomic mass is 19.4. The number of anilines is 2. The molecule has 0 saturated heterocycles. The normalized spacial score (nSPS) is 11.1. The van der Waals surface area contributed by atoms with Gasteiger partial charge >= 0.3 is 12.4 Å². The van der Waals surface area contributed by atoms with Crippen LogP contribution in [0.3, 0.4) is 0 Å². The number of aromatic amines is 1. The van der Waals surface area contributed by atoms with Crippen LogP contribution in [-0.4, -0.2) is 39.8 Å². The summed E-state index contributed by atoms with van der Waals surface area (Å²) in [5, 5.41) is 17.3. The van der Waals surface area contributed by atoms with Crippen molar-refractivity contribution in [3.05, 3.63) is 52.9 Å². The third-order valence-electron chi connectivity index (χ3n) is 4.26. The van der Waals surface area contributed by atoms with Crippen LogP contribution >= 0.6 is 0 Å². The van der Waals surface area contributed by atoms with Gasteiger partial charge in [0.15, 0.2) is 23.6 Å². The number of nitrogen functional groups attached to an aromatic ring is 1. The number of aldehydes is 1. The first kappa shape index (κ1) is 30.1. The number of hydrogen-bond donors (Lipinski definition) is 4. The number of carbonyl (C=O) groups excluding carboxylic acids is 1. The molecule has 0 spiro atoms. The minimum absolute atomic E-state index is 0.00231. The van der Waals surface area contributed by atoms with Crippen molar-refractivity contribution in [1.82, 2.24) is 15.2 Å². The van der Waals surface area contributed by atoms with Gasteiger partial charge < -0.3 is 16.2 Å². The van der Waals surface area contributed by atoms with E-state index in [1.807, 2.05) is 0 Å². The Bertz CT molecular complexity index is 1180. The Balaban J connectivity index is 0.000000310. The van der Waals surface area contributed by atoms with Crippen molar-refractivity contribution in [2.75, 3.05) is 18.1 Å². The Hall–Kier alpha value is -3.91. The summed E-state index contributed by atoms with van der Waals surface area (Å²) < 4.78 is 95.4. The maximum Gasteiger partial charge on any atom is 0.437 e. The Morgan fingerprint density at radius 3 is 2.11 bits per heavy atom. The van der Waals surface area contributed by atoms with Crippen LogP contribution in [0.4, 0.5) is 46.6 Å². The van der Waals surface area contributed by atoms with Crippen LogP contribution in [0.5, 0.6) is 5.75 Å². The number of halogens is 8. The van der Waals surface area contributed by atoms with E-state index in [4.69, 9.17) is 5.73 Å². The summed E-state index contributed by atoms with van der Waals surface area (Å²) in [6.45, 7) is 2.61. The number of phenolic OH excluding ortho intramolecular Hbond substituents is 1. The first-order valence-corrected chi connectivity index (χ1v) is 9.82. The van der Waals surface area contributed by atoms with Gasteiger partial charge in [0, 0.05) is 19.0 Å². The molecule has 0 amide bonds. The molecule has 0 saturated carbocycles. The molecule has 1 aromatic carbocycles. The maximum absolute atomic E-state index is 13.7. The number of hydrogen-bond acceptors (Lipinski definition) is 6. The molecule has 0 unspecified atom stereocenters. The van der Waals surface area contributed by atoms with E-state index in [9.17, 15) is 45.0 Å². The number of phenols is 1. The molecule has 15 heteroatoms. The van der Waals surface area contributed by atoms with Gasteiger partial charge in [-0.3, -0.25) is 9.89 Å². The van der Waals surface area contributed by atoms with Gasteiger partial charge in [-0.25, -0.2) is 13.8 Å². The summed E-state index contributed by atoms with van der Waals surface area (Å²) in [7, 11) is 1.42. The fraction of sp³-hybridized carbons (Fsp3) is 0.286. The SMILES string of the molecule is CCC(F)(F)F.CNc1c(C(F)(F)F)n[nH]c1C.Nc1nc(-c2cc(O)c(C=O)cc2F)ccc1F. The minimum atomic E-state index is -4.40. The lowest BCUT2D eigenvalue weighted by molar-refractivity contribution is -0.140.